The first-order chi connectivity index (χ1) is 9.36. The van der Waals surface area contributed by atoms with E-state index in [0.29, 0.717) is 19.3 Å². The highest BCUT2D eigenvalue weighted by molar-refractivity contribution is 7.50. The summed E-state index contributed by atoms with van der Waals surface area (Å²) in [5.74, 6) is -2.53. The van der Waals surface area contributed by atoms with Crippen LogP contribution in [0, 0.1) is 0 Å². The maximum absolute atomic E-state index is 12.1. The van der Waals surface area contributed by atoms with Gasteiger partial charge in [0.05, 0.1) is 0 Å². The minimum Gasteiger partial charge on any atom is -0.352 e. The van der Waals surface area contributed by atoms with Crippen LogP contribution in [-0.2, 0) is 32.5 Å². The Morgan fingerprint density at radius 1 is 0.700 bits per heavy atom. The Morgan fingerprint density at radius 2 is 0.950 bits per heavy atom. The van der Waals surface area contributed by atoms with Gasteiger partial charge in [-0.3, -0.25) is 14.4 Å². The third-order valence-corrected chi connectivity index (χ3v) is 3.28. The van der Waals surface area contributed by atoms with Crippen molar-refractivity contribution in [1.82, 2.24) is 0 Å². The van der Waals surface area contributed by atoms with Crippen molar-refractivity contribution in [3.63, 3.8) is 0 Å². The Kier molecular flexibility index (Phi) is 8.88. The van der Waals surface area contributed by atoms with Gasteiger partial charge in [-0.15, -0.1) is 0 Å². The first kappa shape index (κ1) is 18.6. The average molecular weight is 308 g/mol. The van der Waals surface area contributed by atoms with E-state index in [9.17, 15) is 18.9 Å². The van der Waals surface area contributed by atoms with Crippen LogP contribution in [0.3, 0.4) is 0 Å². The monoisotopic (exact) mass is 308 g/mol. The third kappa shape index (κ3) is 7.94. The molecule has 0 atom stereocenters. The molecule has 7 nitrogen and oxygen atoms in total. The van der Waals surface area contributed by atoms with E-state index in [1.807, 2.05) is 0 Å². The summed E-state index contributed by atoms with van der Waals surface area (Å²) >= 11 is 0. The Hall–Kier alpha value is -1.36. The molecule has 0 aromatic heterocycles. The molecule has 0 rings (SSSR count). The second-order valence-corrected chi connectivity index (χ2v) is 5.53. The third-order valence-electron chi connectivity index (χ3n) is 2.00. The number of hydrogen-bond acceptors (Lipinski definition) is 7. The van der Waals surface area contributed by atoms with E-state index in [2.05, 4.69) is 13.6 Å². The van der Waals surface area contributed by atoms with Crippen LogP contribution in [-0.4, -0.2) is 17.9 Å². The fourth-order valence-corrected chi connectivity index (χ4v) is 2.31. The van der Waals surface area contributed by atoms with Gasteiger partial charge >= 0.3 is 25.7 Å². The SMILES string of the molecule is CCCC(=O)OP(=O)(OC(=O)CCC)OC(=O)CCC. The molecule has 0 aliphatic heterocycles. The van der Waals surface area contributed by atoms with E-state index in [1.165, 1.54) is 0 Å². The molecular formula is C12H21O7P. The minimum absolute atomic E-state index is 0.0132. The number of hydrogen-bond donors (Lipinski definition) is 0. The second-order valence-electron chi connectivity index (χ2n) is 4.09. The molecule has 0 aromatic rings. The largest absolute Gasteiger partial charge is 0.653 e. The van der Waals surface area contributed by atoms with Crippen molar-refractivity contribution in [3.8, 4) is 0 Å². The first-order valence-corrected chi connectivity index (χ1v) is 8.10. The molecule has 0 N–H and O–H groups in total. The first-order valence-electron chi connectivity index (χ1n) is 6.64. The summed E-state index contributed by atoms with van der Waals surface area (Å²) in [7, 11) is -4.53. The van der Waals surface area contributed by atoms with Gasteiger partial charge in [-0.2, -0.15) is 4.57 Å². The molecule has 116 valence electrons. The van der Waals surface area contributed by atoms with Gasteiger partial charge in [0, 0.05) is 19.3 Å². The molecule has 0 saturated carbocycles. The Morgan fingerprint density at radius 3 is 1.15 bits per heavy atom. The van der Waals surface area contributed by atoms with Gasteiger partial charge in [0.25, 0.3) is 0 Å². The van der Waals surface area contributed by atoms with Crippen molar-refractivity contribution in [3.05, 3.63) is 0 Å². The summed E-state index contributed by atoms with van der Waals surface area (Å²) in [5.41, 5.74) is 0. The zero-order valence-electron chi connectivity index (χ0n) is 12.0. The Balaban J connectivity index is 4.83. The molecule has 0 saturated heterocycles. The van der Waals surface area contributed by atoms with Crippen molar-refractivity contribution in [2.24, 2.45) is 0 Å². The molecule has 20 heavy (non-hydrogen) atoms. The normalized spacial score (nSPS) is 10.8. The number of carbonyl (C=O) groups is 3. The molecule has 0 amide bonds. The minimum atomic E-state index is -4.53. The summed E-state index contributed by atoms with van der Waals surface area (Å²) in [4.78, 5) is 34.1. The highest BCUT2D eigenvalue weighted by Crippen LogP contribution is 2.50. The lowest BCUT2D eigenvalue weighted by atomic mass is 10.3. The molecule has 0 spiro atoms. The lowest BCUT2D eigenvalue weighted by molar-refractivity contribution is -0.144. The topological polar surface area (TPSA) is 96.0 Å². The molecule has 0 fully saturated rings. The van der Waals surface area contributed by atoms with Crippen LogP contribution >= 0.6 is 7.82 Å². The van der Waals surface area contributed by atoms with Crippen LogP contribution in [0.2, 0.25) is 0 Å². The standard InChI is InChI=1S/C12H21O7P/c1-4-7-10(13)17-20(16,18-11(14)8-5-2)19-12(15)9-6-3/h4-9H2,1-3H3. The van der Waals surface area contributed by atoms with Gasteiger partial charge in [-0.05, 0) is 19.3 Å². The fourth-order valence-electron chi connectivity index (χ4n) is 1.18. The van der Waals surface area contributed by atoms with Crippen LogP contribution in [0.5, 0.6) is 0 Å². The summed E-state index contributed by atoms with van der Waals surface area (Å²) in [6, 6.07) is 0. The number of phosphoric acid groups is 1. The van der Waals surface area contributed by atoms with E-state index < -0.39 is 25.7 Å². The van der Waals surface area contributed by atoms with E-state index in [1.54, 1.807) is 20.8 Å². The summed E-state index contributed by atoms with van der Waals surface area (Å²) in [5, 5.41) is 0. The summed E-state index contributed by atoms with van der Waals surface area (Å²) < 4.78 is 25.8. The van der Waals surface area contributed by atoms with E-state index in [0.717, 1.165) is 0 Å². The Bertz CT molecular complexity index is 334. The van der Waals surface area contributed by atoms with Gasteiger partial charge in [0.2, 0.25) is 0 Å². The molecule has 0 unspecified atom stereocenters. The van der Waals surface area contributed by atoms with Crippen LogP contribution < -0.4 is 0 Å². The predicted molar refractivity (Wildman–Crippen MR) is 70.6 cm³/mol. The van der Waals surface area contributed by atoms with Gasteiger partial charge in [-0.1, -0.05) is 20.8 Å². The van der Waals surface area contributed by atoms with Crippen LogP contribution in [0.1, 0.15) is 59.3 Å². The molecule has 0 aliphatic carbocycles. The molecule has 8 heteroatoms. The van der Waals surface area contributed by atoms with E-state index in [-0.39, 0.29) is 19.3 Å². The molecular weight excluding hydrogens is 287 g/mol. The number of carbonyl (C=O) groups excluding carboxylic acids is 3. The second kappa shape index (κ2) is 9.53. The molecule has 0 heterocycles. The van der Waals surface area contributed by atoms with E-state index >= 15 is 0 Å². The van der Waals surface area contributed by atoms with Crippen molar-refractivity contribution in [2.45, 2.75) is 59.3 Å². The molecule has 0 bridgehead atoms. The quantitative estimate of drug-likeness (QED) is 0.604. The molecule has 0 radical (unpaired) electrons. The lowest BCUT2D eigenvalue weighted by Gasteiger charge is -2.16. The number of rotatable bonds is 9. The Labute approximate surface area is 118 Å². The lowest BCUT2D eigenvalue weighted by Crippen LogP contribution is -2.13. The van der Waals surface area contributed by atoms with Gasteiger partial charge < -0.3 is 13.6 Å². The summed E-state index contributed by atoms with van der Waals surface area (Å²) in [6.45, 7) is 5.16. The zero-order chi connectivity index (χ0) is 15.6. The highest BCUT2D eigenvalue weighted by Gasteiger charge is 2.38. The van der Waals surface area contributed by atoms with Gasteiger partial charge in [0.1, 0.15) is 0 Å². The smallest absolute Gasteiger partial charge is 0.352 e. The van der Waals surface area contributed by atoms with Crippen molar-refractivity contribution in [1.29, 1.82) is 0 Å². The van der Waals surface area contributed by atoms with Gasteiger partial charge in [0.15, 0.2) is 0 Å². The fraction of sp³-hybridized carbons (Fsp3) is 0.750. The summed E-state index contributed by atoms with van der Waals surface area (Å²) in [6.07, 6.45) is 1.35. The van der Waals surface area contributed by atoms with E-state index in [4.69, 9.17) is 0 Å². The van der Waals surface area contributed by atoms with Crippen LogP contribution in [0.15, 0.2) is 0 Å². The van der Waals surface area contributed by atoms with Crippen LogP contribution in [0.25, 0.3) is 0 Å². The highest BCUT2D eigenvalue weighted by atomic mass is 31.2. The van der Waals surface area contributed by atoms with Crippen molar-refractivity contribution < 1.29 is 32.5 Å². The predicted octanol–water partition coefficient (Wildman–Crippen LogP) is 3.12. The van der Waals surface area contributed by atoms with Crippen molar-refractivity contribution >= 4 is 25.7 Å². The zero-order valence-corrected chi connectivity index (χ0v) is 12.9. The van der Waals surface area contributed by atoms with Crippen molar-refractivity contribution in [2.75, 3.05) is 0 Å². The maximum atomic E-state index is 12.1. The number of phosphoric ester groups is 1. The molecule has 0 aromatic carbocycles. The molecule has 0 aliphatic rings. The average Bonchev–Trinajstić information content (AvgIpc) is 2.28. The van der Waals surface area contributed by atoms with Gasteiger partial charge in [-0.25, -0.2) is 0 Å². The maximum Gasteiger partial charge on any atom is 0.653 e. The van der Waals surface area contributed by atoms with Crippen LogP contribution in [0.4, 0.5) is 0 Å².